The fourth-order valence-corrected chi connectivity index (χ4v) is 3.41. The molecule has 0 aliphatic carbocycles. The molecule has 4 rings (SSSR count). The van der Waals surface area contributed by atoms with E-state index in [1.807, 2.05) is 47.1 Å². The summed E-state index contributed by atoms with van der Waals surface area (Å²) in [6, 6.07) is 21.7. The predicted molar refractivity (Wildman–Crippen MR) is 120 cm³/mol. The van der Waals surface area contributed by atoms with Gasteiger partial charge in [0.15, 0.2) is 6.29 Å². The molecule has 0 amide bonds. The van der Waals surface area contributed by atoms with Gasteiger partial charge >= 0.3 is 0 Å². The van der Waals surface area contributed by atoms with Crippen LogP contribution in [-0.2, 0) is 5.54 Å². The summed E-state index contributed by atoms with van der Waals surface area (Å²) in [7, 11) is 0. The number of anilines is 3. The summed E-state index contributed by atoms with van der Waals surface area (Å²) < 4.78 is 1.87. The first-order valence-electron chi connectivity index (χ1n) is 9.57. The summed E-state index contributed by atoms with van der Waals surface area (Å²) in [5, 5.41) is 10.5. The topological polar surface area (TPSA) is 72.9 Å². The quantitative estimate of drug-likeness (QED) is 0.355. The SMILES string of the molecule is CC(C)(C)n1nc(-c2ccc(N)cc2)c(C=O)c1Nc1ccc2ccccc2c1. The zero-order valence-electron chi connectivity index (χ0n) is 16.8. The van der Waals surface area contributed by atoms with E-state index >= 15 is 0 Å². The molecule has 0 unspecified atom stereocenters. The molecule has 0 bridgehead atoms. The van der Waals surface area contributed by atoms with Crippen molar-refractivity contribution in [3.8, 4) is 11.3 Å². The number of nitrogen functional groups attached to an aromatic ring is 1. The molecule has 146 valence electrons. The minimum Gasteiger partial charge on any atom is -0.399 e. The molecular formula is C24H24N4O. The van der Waals surface area contributed by atoms with Gasteiger partial charge in [-0.15, -0.1) is 0 Å². The monoisotopic (exact) mass is 384 g/mol. The molecule has 0 atom stereocenters. The molecule has 0 aliphatic rings. The highest BCUT2D eigenvalue weighted by Gasteiger charge is 2.25. The van der Waals surface area contributed by atoms with Gasteiger partial charge < -0.3 is 11.1 Å². The first kappa shape index (κ1) is 18.7. The van der Waals surface area contributed by atoms with Crippen LogP contribution < -0.4 is 11.1 Å². The Kier molecular flexibility index (Phi) is 4.59. The Labute approximate surface area is 170 Å². The average molecular weight is 384 g/mol. The third kappa shape index (κ3) is 3.59. The van der Waals surface area contributed by atoms with Crippen molar-refractivity contribution >= 4 is 34.3 Å². The lowest BCUT2D eigenvalue weighted by molar-refractivity contribution is 0.112. The number of fused-ring (bicyclic) bond motifs is 1. The molecule has 29 heavy (non-hydrogen) atoms. The molecule has 0 radical (unpaired) electrons. The number of nitrogens with one attached hydrogen (secondary N) is 1. The number of nitrogens with zero attached hydrogens (tertiary/aromatic N) is 2. The van der Waals surface area contributed by atoms with Crippen molar-refractivity contribution in [2.75, 3.05) is 11.1 Å². The minimum atomic E-state index is -0.316. The largest absolute Gasteiger partial charge is 0.399 e. The molecule has 4 aromatic rings. The highest BCUT2D eigenvalue weighted by Crippen LogP contribution is 2.34. The van der Waals surface area contributed by atoms with Crippen LogP contribution in [0.25, 0.3) is 22.0 Å². The van der Waals surface area contributed by atoms with Gasteiger partial charge in [-0.2, -0.15) is 5.10 Å². The summed E-state index contributed by atoms with van der Waals surface area (Å²) >= 11 is 0. The molecule has 5 heteroatoms. The van der Waals surface area contributed by atoms with Crippen molar-refractivity contribution in [3.05, 3.63) is 72.3 Å². The molecule has 0 saturated heterocycles. The van der Waals surface area contributed by atoms with E-state index in [0.717, 1.165) is 22.9 Å². The van der Waals surface area contributed by atoms with E-state index in [9.17, 15) is 4.79 Å². The number of carbonyl (C=O) groups is 1. The number of aldehydes is 1. The summed E-state index contributed by atoms with van der Waals surface area (Å²) in [5.41, 5.74) is 9.10. The Balaban J connectivity index is 1.85. The predicted octanol–water partition coefficient (Wildman–Crippen LogP) is 5.60. The van der Waals surface area contributed by atoms with Gasteiger partial charge in [0.05, 0.1) is 11.1 Å². The van der Waals surface area contributed by atoms with Crippen LogP contribution >= 0.6 is 0 Å². The Hall–Kier alpha value is -3.60. The lowest BCUT2D eigenvalue weighted by Crippen LogP contribution is -2.24. The maximum atomic E-state index is 12.1. The van der Waals surface area contributed by atoms with E-state index in [0.29, 0.717) is 22.8 Å². The summed E-state index contributed by atoms with van der Waals surface area (Å²) in [6.07, 6.45) is 0.865. The van der Waals surface area contributed by atoms with E-state index in [1.54, 1.807) is 0 Å². The van der Waals surface area contributed by atoms with Gasteiger partial charge in [-0.1, -0.05) is 42.5 Å². The van der Waals surface area contributed by atoms with Gasteiger partial charge in [-0.05, 0) is 55.8 Å². The van der Waals surface area contributed by atoms with Crippen LogP contribution in [-0.4, -0.2) is 16.1 Å². The van der Waals surface area contributed by atoms with Crippen molar-refractivity contribution < 1.29 is 4.79 Å². The molecular weight excluding hydrogens is 360 g/mol. The Bertz CT molecular complexity index is 1180. The summed E-state index contributed by atoms with van der Waals surface area (Å²) in [4.78, 5) is 12.1. The van der Waals surface area contributed by atoms with Gasteiger partial charge in [-0.25, -0.2) is 4.68 Å². The zero-order chi connectivity index (χ0) is 20.6. The highest BCUT2D eigenvalue weighted by atomic mass is 16.1. The molecule has 0 saturated carbocycles. The van der Waals surface area contributed by atoms with Gasteiger partial charge in [0.1, 0.15) is 11.5 Å². The maximum Gasteiger partial charge on any atom is 0.156 e. The molecule has 3 N–H and O–H groups in total. The number of nitrogens with two attached hydrogens (primary N) is 1. The van der Waals surface area contributed by atoms with Crippen LogP contribution in [0.4, 0.5) is 17.2 Å². The van der Waals surface area contributed by atoms with Crippen LogP contribution in [0.5, 0.6) is 0 Å². The first-order chi connectivity index (χ1) is 13.9. The third-order valence-corrected chi connectivity index (χ3v) is 4.87. The van der Waals surface area contributed by atoms with Gasteiger partial charge in [0.2, 0.25) is 0 Å². The third-order valence-electron chi connectivity index (χ3n) is 4.87. The summed E-state index contributed by atoms with van der Waals surface area (Å²) in [6.45, 7) is 6.19. The molecule has 1 heterocycles. The van der Waals surface area contributed by atoms with E-state index < -0.39 is 0 Å². The fraction of sp³-hybridized carbons (Fsp3) is 0.167. The number of hydrogen-bond donors (Lipinski definition) is 2. The van der Waals surface area contributed by atoms with E-state index in [-0.39, 0.29) is 5.54 Å². The van der Waals surface area contributed by atoms with Crippen LogP contribution in [0.2, 0.25) is 0 Å². The zero-order valence-corrected chi connectivity index (χ0v) is 16.8. The van der Waals surface area contributed by atoms with E-state index in [2.05, 4.69) is 50.4 Å². The maximum absolute atomic E-state index is 12.1. The Morgan fingerprint density at radius 1 is 0.966 bits per heavy atom. The second-order valence-corrected chi connectivity index (χ2v) is 8.12. The van der Waals surface area contributed by atoms with Crippen LogP contribution in [0, 0.1) is 0 Å². The number of aromatic nitrogens is 2. The van der Waals surface area contributed by atoms with Gasteiger partial charge in [-0.3, -0.25) is 4.79 Å². The second-order valence-electron chi connectivity index (χ2n) is 8.12. The average Bonchev–Trinajstić information content (AvgIpc) is 3.07. The second kappa shape index (κ2) is 7.09. The van der Waals surface area contributed by atoms with Crippen molar-refractivity contribution in [1.29, 1.82) is 0 Å². The Morgan fingerprint density at radius 3 is 2.31 bits per heavy atom. The van der Waals surface area contributed by atoms with Gasteiger partial charge in [0.25, 0.3) is 0 Å². The van der Waals surface area contributed by atoms with E-state index in [4.69, 9.17) is 10.8 Å². The molecule has 1 aromatic heterocycles. The number of rotatable bonds is 4. The van der Waals surface area contributed by atoms with Crippen LogP contribution in [0.1, 0.15) is 31.1 Å². The van der Waals surface area contributed by atoms with Crippen molar-refractivity contribution in [1.82, 2.24) is 9.78 Å². The normalized spacial score (nSPS) is 11.6. The highest BCUT2D eigenvalue weighted by molar-refractivity contribution is 5.94. The summed E-state index contributed by atoms with van der Waals surface area (Å²) in [5.74, 6) is 0.676. The number of hydrogen-bond acceptors (Lipinski definition) is 4. The first-order valence-corrected chi connectivity index (χ1v) is 9.57. The number of carbonyl (C=O) groups excluding carboxylic acids is 1. The lowest BCUT2D eigenvalue weighted by atomic mass is 10.1. The van der Waals surface area contributed by atoms with Crippen LogP contribution in [0.15, 0.2) is 66.7 Å². The van der Waals surface area contributed by atoms with Crippen LogP contribution in [0.3, 0.4) is 0 Å². The van der Waals surface area contributed by atoms with Gasteiger partial charge in [0, 0.05) is 16.9 Å². The lowest BCUT2D eigenvalue weighted by Gasteiger charge is -2.23. The van der Waals surface area contributed by atoms with Crippen molar-refractivity contribution in [2.24, 2.45) is 0 Å². The molecule has 5 nitrogen and oxygen atoms in total. The van der Waals surface area contributed by atoms with Crippen molar-refractivity contribution in [2.45, 2.75) is 26.3 Å². The van der Waals surface area contributed by atoms with E-state index in [1.165, 1.54) is 5.39 Å². The molecule has 0 spiro atoms. The molecule has 3 aromatic carbocycles. The molecule has 0 aliphatic heterocycles. The molecule has 0 fully saturated rings. The smallest absolute Gasteiger partial charge is 0.156 e. The Morgan fingerprint density at radius 2 is 1.66 bits per heavy atom. The standard InChI is InChI=1S/C24H24N4O/c1-24(2,3)28-23(26-20-13-10-16-6-4-5-7-18(16)14-20)21(15-29)22(27-28)17-8-11-19(25)12-9-17/h4-15,26H,25H2,1-3H3. The van der Waals surface area contributed by atoms with Crippen molar-refractivity contribution in [3.63, 3.8) is 0 Å². The fourth-order valence-electron chi connectivity index (χ4n) is 3.41. The minimum absolute atomic E-state index is 0.316. The number of benzene rings is 3.